The molecule has 0 radical (unpaired) electrons. The molecule has 1 aliphatic heterocycles. The van der Waals surface area contributed by atoms with E-state index in [0.29, 0.717) is 11.6 Å². The van der Waals surface area contributed by atoms with Crippen LogP contribution in [0.3, 0.4) is 0 Å². The molecular formula is C16H12ClF3N2OS. The summed E-state index contributed by atoms with van der Waals surface area (Å²) in [5.74, 6) is 0.406. The highest BCUT2D eigenvalue weighted by Crippen LogP contribution is 2.39. The van der Waals surface area contributed by atoms with Crippen molar-refractivity contribution < 1.29 is 18.0 Å². The van der Waals surface area contributed by atoms with Crippen LogP contribution in [-0.2, 0) is 6.18 Å². The Morgan fingerprint density at radius 2 is 2.08 bits per heavy atom. The quantitative estimate of drug-likeness (QED) is 0.769. The van der Waals surface area contributed by atoms with Gasteiger partial charge in [-0.2, -0.15) is 13.2 Å². The van der Waals surface area contributed by atoms with Crippen molar-refractivity contribution in [1.29, 1.82) is 0 Å². The molecule has 24 heavy (non-hydrogen) atoms. The minimum Gasteiger partial charge on any atom is -0.322 e. The van der Waals surface area contributed by atoms with Gasteiger partial charge in [0, 0.05) is 23.5 Å². The van der Waals surface area contributed by atoms with Crippen LogP contribution in [0.1, 0.15) is 27.0 Å². The monoisotopic (exact) mass is 372 g/mol. The lowest BCUT2D eigenvalue weighted by atomic mass is 10.1. The third-order valence-corrected chi connectivity index (χ3v) is 5.08. The second-order valence-electron chi connectivity index (χ2n) is 5.21. The van der Waals surface area contributed by atoms with Crippen LogP contribution in [0.4, 0.5) is 13.2 Å². The maximum Gasteiger partial charge on any atom is 0.433 e. The molecule has 0 spiro atoms. The summed E-state index contributed by atoms with van der Waals surface area (Å²) < 4.78 is 37.7. The lowest BCUT2D eigenvalue weighted by molar-refractivity contribution is -0.141. The highest BCUT2D eigenvalue weighted by molar-refractivity contribution is 7.99. The van der Waals surface area contributed by atoms with Gasteiger partial charge in [-0.05, 0) is 29.8 Å². The van der Waals surface area contributed by atoms with Gasteiger partial charge in [-0.1, -0.05) is 23.7 Å². The van der Waals surface area contributed by atoms with E-state index in [0.717, 1.165) is 29.6 Å². The first kappa shape index (κ1) is 17.1. The Bertz CT molecular complexity index is 752. The maximum absolute atomic E-state index is 12.6. The van der Waals surface area contributed by atoms with E-state index in [2.05, 4.69) is 4.98 Å². The van der Waals surface area contributed by atoms with Gasteiger partial charge in [0.2, 0.25) is 0 Å². The number of rotatable bonds is 2. The van der Waals surface area contributed by atoms with E-state index in [1.165, 1.54) is 0 Å². The van der Waals surface area contributed by atoms with Crippen molar-refractivity contribution in [3.8, 4) is 0 Å². The number of nitrogens with zero attached hydrogens (tertiary/aromatic N) is 2. The highest BCUT2D eigenvalue weighted by Gasteiger charge is 2.34. The van der Waals surface area contributed by atoms with Crippen LogP contribution in [0.5, 0.6) is 0 Å². The average Bonchev–Trinajstić information content (AvgIpc) is 3.03. The number of thioether (sulfide) groups is 1. The normalized spacial score (nSPS) is 18.0. The lowest BCUT2D eigenvalue weighted by Gasteiger charge is -2.24. The van der Waals surface area contributed by atoms with Gasteiger partial charge in [-0.25, -0.2) is 0 Å². The van der Waals surface area contributed by atoms with Gasteiger partial charge in [-0.15, -0.1) is 11.8 Å². The Labute approximate surface area is 145 Å². The van der Waals surface area contributed by atoms with Crippen molar-refractivity contribution in [2.24, 2.45) is 0 Å². The van der Waals surface area contributed by atoms with Gasteiger partial charge in [0.05, 0.1) is 5.56 Å². The molecule has 0 bridgehead atoms. The molecule has 1 unspecified atom stereocenters. The Morgan fingerprint density at radius 3 is 2.71 bits per heavy atom. The largest absolute Gasteiger partial charge is 0.433 e. The molecule has 1 aliphatic rings. The predicted molar refractivity (Wildman–Crippen MR) is 86.9 cm³/mol. The fourth-order valence-electron chi connectivity index (χ4n) is 2.47. The Balaban J connectivity index is 1.83. The van der Waals surface area contributed by atoms with Gasteiger partial charge in [0.25, 0.3) is 5.91 Å². The maximum atomic E-state index is 12.6. The molecule has 3 rings (SSSR count). The zero-order valence-electron chi connectivity index (χ0n) is 12.3. The molecule has 1 fully saturated rings. The number of alkyl halides is 3. The number of aromatic nitrogens is 1. The van der Waals surface area contributed by atoms with Gasteiger partial charge < -0.3 is 4.90 Å². The van der Waals surface area contributed by atoms with E-state index >= 15 is 0 Å². The Kier molecular flexibility index (Phi) is 4.73. The van der Waals surface area contributed by atoms with Gasteiger partial charge in [0.1, 0.15) is 11.1 Å². The van der Waals surface area contributed by atoms with Gasteiger partial charge in [0.15, 0.2) is 0 Å². The van der Waals surface area contributed by atoms with E-state index in [4.69, 9.17) is 11.6 Å². The zero-order chi connectivity index (χ0) is 17.3. The first-order valence-corrected chi connectivity index (χ1v) is 8.50. The molecular weight excluding hydrogens is 361 g/mol. The molecule has 0 aliphatic carbocycles. The highest BCUT2D eigenvalue weighted by atomic mass is 35.5. The van der Waals surface area contributed by atoms with Gasteiger partial charge in [-0.3, -0.25) is 9.78 Å². The summed E-state index contributed by atoms with van der Waals surface area (Å²) in [7, 11) is 0. The standard InChI is InChI=1S/C16H12ClF3N2OS/c17-12-3-1-2-10(8-12)15-22(6-7-24-15)14(23)11-4-5-13(21-9-11)16(18,19)20/h1-5,8-9,15H,6-7H2. The van der Waals surface area contributed by atoms with Crippen LogP contribution >= 0.6 is 23.4 Å². The van der Waals surface area contributed by atoms with Crippen LogP contribution in [0.25, 0.3) is 0 Å². The molecule has 1 aromatic heterocycles. The number of pyridine rings is 1. The van der Waals surface area contributed by atoms with Crippen molar-refractivity contribution in [3.63, 3.8) is 0 Å². The predicted octanol–water partition coefficient (Wildman–Crippen LogP) is 4.64. The SMILES string of the molecule is O=C(c1ccc(C(F)(F)F)nc1)N1CCSC1c1cccc(Cl)c1. The Morgan fingerprint density at radius 1 is 1.29 bits per heavy atom. The summed E-state index contributed by atoms with van der Waals surface area (Å²) in [6.07, 6.45) is -3.54. The van der Waals surface area contributed by atoms with Crippen molar-refractivity contribution in [1.82, 2.24) is 9.88 Å². The third kappa shape index (κ3) is 3.52. The van der Waals surface area contributed by atoms with Crippen LogP contribution < -0.4 is 0 Å². The molecule has 2 aromatic rings. The third-order valence-electron chi connectivity index (χ3n) is 3.59. The second-order valence-corrected chi connectivity index (χ2v) is 6.83. The summed E-state index contributed by atoms with van der Waals surface area (Å²) in [6, 6.07) is 9.20. The first-order valence-electron chi connectivity index (χ1n) is 7.07. The molecule has 1 aromatic carbocycles. The topological polar surface area (TPSA) is 33.2 Å². The van der Waals surface area contributed by atoms with Gasteiger partial charge >= 0.3 is 6.18 Å². The molecule has 1 saturated heterocycles. The summed E-state index contributed by atoms with van der Waals surface area (Å²) in [5, 5.41) is 0.363. The summed E-state index contributed by atoms with van der Waals surface area (Å²) in [6.45, 7) is 0.516. The fourth-order valence-corrected chi connectivity index (χ4v) is 3.91. The van der Waals surface area contributed by atoms with Crippen LogP contribution in [0, 0.1) is 0 Å². The van der Waals surface area contributed by atoms with Crippen molar-refractivity contribution in [2.45, 2.75) is 11.6 Å². The number of carbonyl (C=O) groups excluding carboxylic acids is 1. The molecule has 0 N–H and O–H groups in total. The minimum atomic E-state index is -4.52. The summed E-state index contributed by atoms with van der Waals surface area (Å²) in [5.41, 5.74) is 0.0111. The number of benzene rings is 1. The van der Waals surface area contributed by atoms with E-state index < -0.39 is 11.9 Å². The van der Waals surface area contributed by atoms with Crippen molar-refractivity contribution in [3.05, 3.63) is 64.4 Å². The summed E-state index contributed by atoms with van der Waals surface area (Å²) in [4.78, 5) is 17.6. The smallest absolute Gasteiger partial charge is 0.322 e. The molecule has 2 heterocycles. The zero-order valence-corrected chi connectivity index (χ0v) is 13.8. The molecule has 126 valence electrons. The second kappa shape index (κ2) is 6.64. The van der Waals surface area contributed by atoms with Crippen LogP contribution in [0.15, 0.2) is 42.6 Å². The Hall–Kier alpha value is -1.73. The number of halogens is 4. The van der Waals surface area contributed by atoms with Crippen LogP contribution in [0.2, 0.25) is 5.02 Å². The minimum absolute atomic E-state index is 0.137. The number of carbonyl (C=O) groups is 1. The van der Waals surface area contributed by atoms with Crippen molar-refractivity contribution >= 4 is 29.3 Å². The molecule has 0 saturated carbocycles. The van der Waals surface area contributed by atoms with E-state index in [9.17, 15) is 18.0 Å². The van der Waals surface area contributed by atoms with E-state index in [1.807, 2.05) is 6.07 Å². The molecule has 8 heteroatoms. The summed E-state index contributed by atoms with van der Waals surface area (Å²) >= 11 is 7.59. The van der Waals surface area contributed by atoms with Crippen LogP contribution in [-0.4, -0.2) is 28.1 Å². The lowest BCUT2D eigenvalue weighted by Crippen LogP contribution is -2.30. The van der Waals surface area contributed by atoms with E-state index in [1.54, 1.807) is 34.9 Å². The fraction of sp³-hybridized carbons (Fsp3) is 0.250. The molecule has 3 nitrogen and oxygen atoms in total. The van der Waals surface area contributed by atoms with E-state index in [-0.39, 0.29) is 16.8 Å². The number of amides is 1. The number of hydrogen-bond donors (Lipinski definition) is 0. The number of hydrogen-bond acceptors (Lipinski definition) is 3. The first-order chi connectivity index (χ1) is 11.4. The van der Waals surface area contributed by atoms with Crippen molar-refractivity contribution in [2.75, 3.05) is 12.3 Å². The average molecular weight is 373 g/mol. The molecule has 1 amide bonds. The molecule has 1 atom stereocenters.